The highest BCUT2D eigenvalue weighted by molar-refractivity contribution is 6.18. The molecule has 0 fully saturated rings. The van der Waals surface area contributed by atoms with E-state index < -0.39 is 5.97 Å². The lowest BCUT2D eigenvalue weighted by Crippen LogP contribution is -2.28. The molecule has 0 aromatic rings. The third kappa shape index (κ3) is 5.10. The minimum Gasteiger partial charge on any atom is -0.465 e. The monoisotopic (exact) mass is 296 g/mol. The normalized spacial score (nSPS) is 16.8. The first kappa shape index (κ1) is 17.6. The molecule has 0 spiro atoms. The van der Waals surface area contributed by atoms with Gasteiger partial charge in [-0.15, -0.1) is 6.58 Å². The van der Waals surface area contributed by atoms with E-state index in [1.165, 1.54) is 14.2 Å². The molecule has 1 aliphatic rings. The molecule has 5 heteroatoms. The van der Waals surface area contributed by atoms with Gasteiger partial charge in [-0.05, 0) is 38.2 Å². The number of methoxy groups -OCH3 is 2. The molecule has 0 amide bonds. The fourth-order valence-electron chi connectivity index (χ4n) is 2.42. The van der Waals surface area contributed by atoms with Gasteiger partial charge in [-0.3, -0.25) is 4.79 Å². The summed E-state index contributed by atoms with van der Waals surface area (Å²) in [5, 5.41) is 0. The fraction of sp³-hybridized carbons (Fsp3) is 0.625. The molecule has 0 bridgehead atoms. The molecule has 0 saturated carbocycles. The molecular formula is C16H24O5. The van der Waals surface area contributed by atoms with Crippen LogP contribution in [0, 0.1) is 0 Å². The maximum Gasteiger partial charge on any atom is 0.341 e. The van der Waals surface area contributed by atoms with Crippen molar-refractivity contribution in [2.45, 2.75) is 45.1 Å². The maximum atomic E-state index is 12.1. The molecule has 5 nitrogen and oxygen atoms in total. The fourth-order valence-corrected chi connectivity index (χ4v) is 2.42. The minimum atomic E-state index is -0.573. The lowest BCUT2D eigenvalue weighted by molar-refractivity contribution is -0.138. The van der Waals surface area contributed by atoms with E-state index in [-0.39, 0.29) is 24.3 Å². The summed E-state index contributed by atoms with van der Waals surface area (Å²) in [6.45, 7) is 5.93. The SMILES string of the molecule is C=C(C)CCC(OCOC)C1=C(C(=O)OC)C(=O)CCC1. The van der Waals surface area contributed by atoms with Gasteiger partial charge in [-0.1, -0.05) is 5.57 Å². The van der Waals surface area contributed by atoms with Crippen molar-refractivity contribution < 1.29 is 23.8 Å². The van der Waals surface area contributed by atoms with Crippen LogP contribution in [0.25, 0.3) is 0 Å². The Morgan fingerprint density at radius 2 is 2.05 bits per heavy atom. The van der Waals surface area contributed by atoms with E-state index in [1.807, 2.05) is 6.92 Å². The molecule has 0 aromatic carbocycles. The standard InChI is InChI=1S/C16H24O5/c1-11(2)8-9-14(21-10-19-3)12-6-5-7-13(17)15(12)16(18)20-4/h14H,1,5-10H2,2-4H3. The average Bonchev–Trinajstić information content (AvgIpc) is 2.46. The summed E-state index contributed by atoms with van der Waals surface area (Å²) in [4.78, 5) is 24.0. The van der Waals surface area contributed by atoms with Gasteiger partial charge in [0.15, 0.2) is 5.78 Å². The van der Waals surface area contributed by atoms with Crippen LogP contribution in [-0.4, -0.2) is 38.9 Å². The highest BCUT2D eigenvalue weighted by Gasteiger charge is 2.31. The number of ether oxygens (including phenoxy) is 3. The second-order valence-corrected chi connectivity index (χ2v) is 5.23. The zero-order chi connectivity index (χ0) is 15.8. The van der Waals surface area contributed by atoms with Crippen LogP contribution >= 0.6 is 0 Å². The lowest BCUT2D eigenvalue weighted by Gasteiger charge is -2.26. The van der Waals surface area contributed by atoms with Crippen LogP contribution in [-0.2, 0) is 23.8 Å². The van der Waals surface area contributed by atoms with Crippen molar-refractivity contribution in [2.24, 2.45) is 0 Å². The van der Waals surface area contributed by atoms with E-state index in [1.54, 1.807) is 0 Å². The van der Waals surface area contributed by atoms with E-state index in [2.05, 4.69) is 6.58 Å². The average molecular weight is 296 g/mol. The van der Waals surface area contributed by atoms with Gasteiger partial charge >= 0.3 is 5.97 Å². The number of allylic oxidation sites excluding steroid dienone is 1. The Labute approximate surface area is 125 Å². The first-order chi connectivity index (χ1) is 10.0. The molecule has 118 valence electrons. The van der Waals surface area contributed by atoms with Crippen LogP contribution in [0.2, 0.25) is 0 Å². The van der Waals surface area contributed by atoms with Gasteiger partial charge < -0.3 is 14.2 Å². The van der Waals surface area contributed by atoms with E-state index in [0.717, 1.165) is 24.0 Å². The summed E-state index contributed by atoms with van der Waals surface area (Å²) >= 11 is 0. The van der Waals surface area contributed by atoms with Crippen LogP contribution in [0.3, 0.4) is 0 Å². The molecule has 1 atom stereocenters. The number of Topliss-reactive ketones (excluding diaryl/α,β-unsaturated/α-hetero) is 1. The summed E-state index contributed by atoms with van der Waals surface area (Å²) < 4.78 is 15.4. The van der Waals surface area contributed by atoms with Gasteiger partial charge in [-0.25, -0.2) is 4.79 Å². The van der Waals surface area contributed by atoms with Gasteiger partial charge in [0.25, 0.3) is 0 Å². The van der Waals surface area contributed by atoms with Gasteiger partial charge in [0.05, 0.1) is 13.2 Å². The molecule has 21 heavy (non-hydrogen) atoms. The van der Waals surface area contributed by atoms with Gasteiger partial charge in [0, 0.05) is 13.5 Å². The summed E-state index contributed by atoms with van der Waals surface area (Å²) in [5.41, 5.74) is 1.92. The van der Waals surface area contributed by atoms with Gasteiger partial charge in [0.1, 0.15) is 12.4 Å². The summed E-state index contributed by atoms with van der Waals surface area (Å²) in [6, 6.07) is 0. The molecule has 0 radical (unpaired) electrons. The second kappa shape index (κ2) is 8.74. The first-order valence-electron chi connectivity index (χ1n) is 7.10. The highest BCUT2D eigenvalue weighted by Crippen LogP contribution is 2.29. The number of rotatable bonds is 8. The van der Waals surface area contributed by atoms with Crippen molar-refractivity contribution >= 4 is 11.8 Å². The van der Waals surface area contributed by atoms with Crippen molar-refractivity contribution in [2.75, 3.05) is 21.0 Å². The first-order valence-corrected chi connectivity index (χ1v) is 7.10. The van der Waals surface area contributed by atoms with Crippen LogP contribution in [0.4, 0.5) is 0 Å². The van der Waals surface area contributed by atoms with Crippen LogP contribution in [0.15, 0.2) is 23.3 Å². The Balaban J connectivity index is 3.05. The zero-order valence-corrected chi connectivity index (χ0v) is 13.1. The second-order valence-electron chi connectivity index (χ2n) is 5.23. The van der Waals surface area contributed by atoms with Crippen molar-refractivity contribution in [3.63, 3.8) is 0 Å². The number of ketones is 1. The molecular weight excluding hydrogens is 272 g/mol. The molecule has 0 heterocycles. The Morgan fingerprint density at radius 1 is 1.33 bits per heavy atom. The van der Waals surface area contributed by atoms with Gasteiger partial charge in [-0.2, -0.15) is 0 Å². The molecule has 0 aromatic heterocycles. The van der Waals surface area contributed by atoms with Crippen molar-refractivity contribution in [3.05, 3.63) is 23.3 Å². The predicted molar refractivity (Wildman–Crippen MR) is 78.7 cm³/mol. The van der Waals surface area contributed by atoms with Crippen molar-refractivity contribution in [1.29, 1.82) is 0 Å². The largest absolute Gasteiger partial charge is 0.465 e. The van der Waals surface area contributed by atoms with Crippen molar-refractivity contribution in [1.82, 2.24) is 0 Å². The minimum absolute atomic E-state index is 0.118. The van der Waals surface area contributed by atoms with Crippen LogP contribution in [0.5, 0.6) is 0 Å². The van der Waals surface area contributed by atoms with E-state index in [0.29, 0.717) is 19.3 Å². The summed E-state index contributed by atoms with van der Waals surface area (Å²) in [6.07, 6.45) is 2.89. The summed E-state index contributed by atoms with van der Waals surface area (Å²) in [7, 11) is 2.82. The lowest BCUT2D eigenvalue weighted by atomic mass is 9.85. The molecule has 0 saturated heterocycles. The maximum absolute atomic E-state index is 12.1. The van der Waals surface area contributed by atoms with E-state index >= 15 is 0 Å². The Kier molecular flexibility index (Phi) is 7.32. The molecule has 1 unspecified atom stereocenters. The topological polar surface area (TPSA) is 61.8 Å². The van der Waals surface area contributed by atoms with E-state index in [9.17, 15) is 9.59 Å². The number of esters is 1. The van der Waals surface area contributed by atoms with Crippen LogP contribution in [0.1, 0.15) is 39.0 Å². The van der Waals surface area contributed by atoms with Gasteiger partial charge in [0.2, 0.25) is 0 Å². The number of hydrogen-bond donors (Lipinski definition) is 0. The summed E-state index contributed by atoms with van der Waals surface area (Å²) in [5.74, 6) is -0.736. The Morgan fingerprint density at radius 3 is 2.62 bits per heavy atom. The smallest absolute Gasteiger partial charge is 0.341 e. The third-order valence-electron chi connectivity index (χ3n) is 3.45. The predicted octanol–water partition coefficient (Wildman–Crippen LogP) is 2.55. The molecule has 1 rings (SSSR count). The van der Waals surface area contributed by atoms with E-state index in [4.69, 9.17) is 14.2 Å². The zero-order valence-electron chi connectivity index (χ0n) is 13.1. The molecule has 0 N–H and O–H groups in total. The number of carbonyl (C=O) groups is 2. The quantitative estimate of drug-likeness (QED) is 0.298. The number of carbonyl (C=O) groups excluding carboxylic acids is 2. The van der Waals surface area contributed by atoms with Crippen molar-refractivity contribution in [3.8, 4) is 0 Å². The third-order valence-corrected chi connectivity index (χ3v) is 3.45. The Hall–Kier alpha value is -1.46. The Bertz CT molecular complexity index is 436. The molecule has 0 aliphatic heterocycles. The molecule has 1 aliphatic carbocycles. The number of hydrogen-bond acceptors (Lipinski definition) is 5. The van der Waals surface area contributed by atoms with Crippen LogP contribution < -0.4 is 0 Å². The highest BCUT2D eigenvalue weighted by atomic mass is 16.7.